The zero-order valence-electron chi connectivity index (χ0n) is 26.5. The number of carbonyl (C=O) groups is 2. The highest BCUT2D eigenvalue weighted by Gasteiger charge is 2.52. The molecule has 11 nitrogen and oxygen atoms in total. The van der Waals surface area contributed by atoms with Crippen LogP contribution in [0.2, 0.25) is 0 Å². The number of nitrogens with zero attached hydrogens (tertiary/aromatic N) is 5. The number of ether oxygens (including phenoxy) is 1. The van der Waals surface area contributed by atoms with E-state index >= 15 is 0 Å². The molecule has 4 heterocycles. The average Bonchev–Trinajstić information content (AvgIpc) is 3.74. The maximum absolute atomic E-state index is 14.5. The van der Waals surface area contributed by atoms with Crippen molar-refractivity contribution in [1.29, 1.82) is 0 Å². The van der Waals surface area contributed by atoms with Crippen LogP contribution in [0.1, 0.15) is 79.2 Å². The molecule has 3 aromatic carbocycles. The summed E-state index contributed by atoms with van der Waals surface area (Å²) in [6.07, 6.45) is 4.84. The number of rotatable bonds is 10. The van der Waals surface area contributed by atoms with Crippen LogP contribution in [0, 0.1) is 0 Å². The third-order valence-corrected chi connectivity index (χ3v) is 9.58. The fraction of sp³-hybridized carbons (Fsp3) is 0.333. The van der Waals surface area contributed by atoms with Gasteiger partial charge in [0.05, 0.1) is 23.9 Å². The lowest BCUT2D eigenvalue weighted by Crippen LogP contribution is -2.58. The van der Waals surface area contributed by atoms with Gasteiger partial charge in [0.1, 0.15) is 5.54 Å². The molecule has 5 aromatic rings. The second-order valence-electron chi connectivity index (χ2n) is 12.3. The quantitative estimate of drug-likeness (QED) is 0.189. The normalized spacial score (nSPS) is 18.1. The Kier molecular flexibility index (Phi) is 8.05. The predicted octanol–water partition coefficient (Wildman–Crippen LogP) is 5.68. The Morgan fingerprint density at radius 1 is 0.979 bits per heavy atom. The summed E-state index contributed by atoms with van der Waals surface area (Å²) in [7, 11) is 0. The van der Waals surface area contributed by atoms with Gasteiger partial charge >= 0.3 is 5.97 Å². The monoisotopic (exact) mass is 631 g/mol. The number of anilines is 1. The zero-order valence-corrected chi connectivity index (χ0v) is 26.5. The maximum atomic E-state index is 14.5. The van der Waals surface area contributed by atoms with Crippen LogP contribution in [0.3, 0.4) is 0 Å². The first-order valence-corrected chi connectivity index (χ1v) is 16.3. The van der Waals surface area contributed by atoms with E-state index in [1.54, 1.807) is 35.9 Å². The molecule has 2 aromatic heterocycles. The Hall–Kier alpha value is -5.32. The van der Waals surface area contributed by atoms with Crippen molar-refractivity contribution in [2.75, 3.05) is 11.9 Å². The van der Waals surface area contributed by atoms with Gasteiger partial charge in [0.2, 0.25) is 0 Å². The lowest BCUT2D eigenvalue weighted by Gasteiger charge is -2.48. The van der Waals surface area contributed by atoms with Gasteiger partial charge in [0.15, 0.2) is 5.82 Å². The molecule has 0 saturated heterocycles. The number of amides is 1. The summed E-state index contributed by atoms with van der Waals surface area (Å²) >= 11 is 0. The number of fused-ring (bicyclic) bond motifs is 2. The molecule has 2 aliphatic heterocycles. The van der Waals surface area contributed by atoms with Crippen molar-refractivity contribution in [1.82, 2.24) is 30.0 Å². The van der Waals surface area contributed by atoms with Crippen LogP contribution in [-0.4, -0.2) is 48.5 Å². The first kappa shape index (κ1) is 30.3. The summed E-state index contributed by atoms with van der Waals surface area (Å²) in [5.74, 6) is -0.170. The lowest BCUT2D eigenvalue weighted by atomic mass is 9.76. The molecule has 47 heavy (non-hydrogen) atoms. The highest BCUT2D eigenvalue weighted by atomic mass is 16.5. The molecular weight excluding hydrogens is 594 g/mol. The van der Waals surface area contributed by atoms with Gasteiger partial charge in [-0.2, -0.15) is 0 Å². The first-order chi connectivity index (χ1) is 22.9. The van der Waals surface area contributed by atoms with Gasteiger partial charge in [-0.3, -0.25) is 14.3 Å². The molecule has 1 saturated carbocycles. The van der Waals surface area contributed by atoms with Crippen LogP contribution in [0.15, 0.2) is 77.6 Å². The molecule has 1 amide bonds. The number of benzene rings is 3. The molecule has 0 atom stereocenters. The van der Waals surface area contributed by atoms with Gasteiger partial charge in [-0.15, -0.1) is 5.10 Å². The summed E-state index contributed by atoms with van der Waals surface area (Å²) in [4.78, 5) is 41.4. The van der Waals surface area contributed by atoms with Crippen LogP contribution in [0.25, 0.3) is 22.5 Å². The number of esters is 1. The Morgan fingerprint density at radius 2 is 1.70 bits per heavy atom. The van der Waals surface area contributed by atoms with E-state index < -0.39 is 11.5 Å². The number of H-pyrrole nitrogens is 1. The third kappa shape index (κ3) is 5.25. The Labute approximate surface area is 271 Å². The van der Waals surface area contributed by atoms with Gasteiger partial charge in [0.25, 0.3) is 11.5 Å². The number of carbonyl (C=O) groups excluding carboxylic acids is 2. The predicted molar refractivity (Wildman–Crippen MR) is 177 cm³/mol. The Bertz CT molecular complexity index is 1980. The highest BCUT2D eigenvalue weighted by Crippen LogP contribution is 2.47. The van der Waals surface area contributed by atoms with Crippen molar-refractivity contribution in [2.45, 2.75) is 70.4 Å². The van der Waals surface area contributed by atoms with Gasteiger partial charge in [-0.25, -0.2) is 14.6 Å². The van der Waals surface area contributed by atoms with Crippen LogP contribution in [0.5, 0.6) is 0 Å². The average molecular weight is 632 g/mol. The minimum absolute atomic E-state index is 0.112. The zero-order chi connectivity index (χ0) is 32.5. The number of aromatic amines is 1. The maximum Gasteiger partial charge on any atom is 0.340 e. The van der Waals surface area contributed by atoms with Gasteiger partial charge in [0, 0.05) is 23.2 Å². The number of nitrogens with one attached hydrogen (secondary N) is 2. The van der Waals surface area contributed by atoms with Crippen LogP contribution in [0.4, 0.5) is 5.69 Å². The van der Waals surface area contributed by atoms with E-state index in [0.29, 0.717) is 36.3 Å². The fourth-order valence-corrected chi connectivity index (χ4v) is 7.37. The molecule has 11 heteroatoms. The number of para-hydroxylation sites is 1. The van der Waals surface area contributed by atoms with Crippen LogP contribution < -0.4 is 10.9 Å². The largest absolute Gasteiger partial charge is 0.462 e. The van der Waals surface area contributed by atoms with E-state index in [0.717, 1.165) is 59.2 Å². The third-order valence-electron chi connectivity index (χ3n) is 9.58. The number of hydrogen-bond acceptors (Lipinski definition) is 7. The smallest absolute Gasteiger partial charge is 0.340 e. The van der Waals surface area contributed by atoms with Gasteiger partial charge < -0.3 is 10.1 Å². The molecular formula is C36H37N7O4. The second-order valence-corrected chi connectivity index (χ2v) is 12.3. The van der Waals surface area contributed by atoms with Crippen LogP contribution in [-0.2, 0) is 27.9 Å². The lowest BCUT2D eigenvalue weighted by molar-refractivity contribution is -0.131. The number of aromatic nitrogens is 6. The van der Waals surface area contributed by atoms with Crippen molar-refractivity contribution in [3.05, 3.63) is 106 Å². The number of hydrogen-bond donors (Lipinski definition) is 2. The van der Waals surface area contributed by atoms with E-state index in [2.05, 4.69) is 61.8 Å². The second kappa shape index (κ2) is 12.5. The fourth-order valence-electron chi connectivity index (χ4n) is 7.37. The van der Waals surface area contributed by atoms with Crippen molar-refractivity contribution in [2.24, 2.45) is 0 Å². The van der Waals surface area contributed by atoms with Crippen molar-refractivity contribution < 1.29 is 14.3 Å². The minimum atomic E-state index is -1.04. The van der Waals surface area contributed by atoms with Gasteiger partial charge in [-0.05, 0) is 78.3 Å². The first-order valence-electron chi connectivity index (χ1n) is 16.3. The van der Waals surface area contributed by atoms with Crippen molar-refractivity contribution in [3.63, 3.8) is 0 Å². The standard InChI is InChI=1S/C36H37N7O4/c1-3-9-31-29(22-23-14-16-24(17-15-23)26-10-5-6-11-27(26)32-38-40-41-39-32)33(44)43-36(20-18-25(19-21-36)42(31)43)35(46)37-30-13-8-7-12-28(30)34(45)47-4-2/h5-8,10-17,25H,3-4,9,18-22H2,1-2H3,(H,37,46)(H,38,39,40,41). The van der Waals surface area contributed by atoms with E-state index in [-0.39, 0.29) is 24.1 Å². The SMILES string of the molecule is CCCc1c(Cc2ccc(-c3ccccc3-c3nnn[nH]3)cc2)c(=O)n2n1C1CCC2(C(=O)Nc2ccccc2C(=O)OCC)CC1. The summed E-state index contributed by atoms with van der Waals surface area (Å²) < 4.78 is 9.12. The van der Waals surface area contributed by atoms with Crippen LogP contribution >= 0.6 is 0 Å². The van der Waals surface area contributed by atoms with E-state index in [9.17, 15) is 14.4 Å². The summed E-state index contributed by atoms with van der Waals surface area (Å²) in [6, 6.07) is 23.2. The molecule has 0 unspecified atom stereocenters. The minimum Gasteiger partial charge on any atom is -0.462 e. The van der Waals surface area contributed by atoms with Crippen molar-refractivity contribution >= 4 is 17.6 Å². The van der Waals surface area contributed by atoms with Crippen molar-refractivity contribution in [3.8, 4) is 22.5 Å². The molecule has 2 bridgehead atoms. The van der Waals surface area contributed by atoms with E-state index in [1.807, 2.05) is 24.3 Å². The molecule has 240 valence electrons. The summed E-state index contributed by atoms with van der Waals surface area (Å²) in [6.45, 7) is 4.09. The Balaban J connectivity index is 1.23. The van der Waals surface area contributed by atoms with Gasteiger partial charge in [-0.1, -0.05) is 74.0 Å². The van der Waals surface area contributed by atoms with E-state index in [1.165, 1.54) is 0 Å². The molecule has 1 aliphatic carbocycles. The molecule has 3 aliphatic rings. The molecule has 0 spiro atoms. The topological polar surface area (TPSA) is 137 Å². The molecule has 2 N–H and O–H groups in total. The summed E-state index contributed by atoms with van der Waals surface area (Å²) in [5, 5.41) is 17.4. The van der Waals surface area contributed by atoms with E-state index in [4.69, 9.17) is 4.74 Å². The molecule has 1 fully saturated rings. The molecule has 0 radical (unpaired) electrons. The molecule has 8 rings (SSSR count). The highest BCUT2D eigenvalue weighted by molar-refractivity contribution is 6.03. The summed E-state index contributed by atoms with van der Waals surface area (Å²) in [5.41, 5.74) is 5.20. The Morgan fingerprint density at radius 3 is 2.40 bits per heavy atom. The number of tetrazole rings is 1.